The number of aliphatic hydroxyl groups is 1. The van der Waals surface area contributed by atoms with Gasteiger partial charge in [0, 0.05) is 0 Å². The first-order chi connectivity index (χ1) is 12.3. The number of alkyl carbamates (subject to hydrolysis) is 1. The fraction of sp³-hybridized carbons (Fsp3) is 0.632. The Morgan fingerprint density at radius 2 is 1.88 bits per heavy atom. The molecule has 2 N–H and O–H groups in total. The van der Waals surface area contributed by atoms with Crippen molar-refractivity contribution in [3.63, 3.8) is 0 Å². The third kappa shape index (κ3) is 5.99. The Morgan fingerprint density at radius 1 is 1.27 bits per heavy atom. The molecule has 2 rings (SSSR count). The van der Waals surface area contributed by atoms with Gasteiger partial charge in [-0.05, 0) is 62.8 Å². The molecular formula is C19H29NO4S2. The van der Waals surface area contributed by atoms with Gasteiger partial charge in [0.25, 0.3) is 0 Å². The minimum atomic E-state index is -0.563. The molecule has 5 nitrogen and oxygen atoms in total. The van der Waals surface area contributed by atoms with E-state index in [0.717, 1.165) is 23.7 Å². The van der Waals surface area contributed by atoms with Crippen molar-refractivity contribution in [3.05, 3.63) is 29.8 Å². The summed E-state index contributed by atoms with van der Waals surface area (Å²) >= 11 is 3.76. The summed E-state index contributed by atoms with van der Waals surface area (Å²) in [4.78, 5) is 12.1. The SMILES string of the molecule is COc1ccc(C2(C[C@H](CO)NC(=O)OC(C)(C)C)SCCCS2)cc1. The van der Waals surface area contributed by atoms with E-state index < -0.39 is 11.7 Å². The molecule has 26 heavy (non-hydrogen) atoms. The molecule has 1 aliphatic heterocycles. The van der Waals surface area contributed by atoms with Crippen LogP contribution in [0.4, 0.5) is 4.79 Å². The Hall–Kier alpha value is -1.05. The van der Waals surface area contributed by atoms with Crippen LogP contribution in [0.15, 0.2) is 24.3 Å². The van der Waals surface area contributed by atoms with E-state index >= 15 is 0 Å². The molecule has 1 amide bonds. The number of hydrogen-bond acceptors (Lipinski definition) is 6. The highest BCUT2D eigenvalue weighted by Crippen LogP contribution is 2.53. The quantitative estimate of drug-likeness (QED) is 0.754. The molecule has 7 heteroatoms. The first-order valence-corrected chi connectivity index (χ1v) is 10.8. The monoisotopic (exact) mass is 399 g/mol. The van der Waals surface area contributed by atoms with Crippen LogP contribution in [0.25, 0.3) is 0 Å². The van der Waals surface area contributed by atoms with E-state index in [4.69, 9.17) is 9.47 Å². The van der Waals surface area contributed by atoms with Crippen LogP contribution in [0, 0.1) is 0 Å². The van der Waals surface area contributed by atoms with E-state index in [0.29, 0.717) is 6.42 Å². The van der Waals surface area contributed by atoms with Gasteiger partial charge in [0.15, 0.2) is 0 Å². The number of carbonyl (C=O) groups excluding carboxylic acids is 1. The molecule has 1 heterocycles. The van der Waals surface area contributed by atoms with E-state index in [1.807, 2.05) is 56.4 Å². The van der Waals surface area contributed by atoms with E-state index in [1.165, 1.54) is 5.56 Å². The molecule has 0 aromatic heterocycles. The molecule has 0 radical (unpaired) electrons. The van der Waals surface area contributed by atoms with Crippen LogP contribution < -0.4 is 10.1 Å². The molecule has 1 fully saturated rings. The zero-order valence-electron chi connectivity index (χ0n) is 15.9. The third-order valence-corrected chi connectivity index (χ3v) is 7.38. The number of carbonyl (C=O) groups is 1. The van der Waals surface area contributed by atoms with E-state index in [2.05, 4.69) is 17.4 Å². The van der Waals surface area contributed by atoms with Gasteiger partial charge in [-0.3, -0.25) is 0 Å². The number of nitrogens with one attached hydrogen (secondary N) is 1. The highest BCUT2D eigenvalue weighted by molar-refractivity contribution is 8.18. The molecule has 0 bridgehead atoms. The van der Waals surface area contributed by atoms with E-state index in [-0.39, 0.29) is 16.7 Å². The largest absolute Gasteiger partial charge is 0.497 e. The number of aliphatic hydroxyl groups excluding tert-OH is 1. The van der Waals surface area contributed by atoms with Crippen molar-refractivity contribution in [1.29, 1.82) is 0 Å². The topological polar surface area (TPSA) is 67.8 Å². The van der Waals surface area contributed by atoms with Crippen molar-refractivity contribution >= 4 is 29.6 Å². The summed E-state index contributed by atoms with van der Waals surface area (Å²) in [5.41, 5.74) is 0.615. The minimum Gasteiger partial charge on any atom is -0.497 e. The lowest BCUT2D eigenvalue weighted by Crippen LogP contribution is -2.44. The van der Waals surface area contributed by atoms with Gasteiger partial charge >= 0.3 is 6.09 Å². The second-order valence-corrected chi connectivity index (χ2v) is 10.3. The Labute approximate surface area is 164 Å². The summed E-state index contributed by atoms with van der Waals surface area (Å²) < 4.78 is 10.4. The number of amides is 1. The molecule has 0 spiro atoms. The molecule has 1 aromatic carbocycles. The average Bonchev–Trinajstić information content (AvgIpc) is 2.60. The number of benzene rings is 1. The number of ether oxygens (including phenoxy) is 2. The molecule has 0 saturated carbocycles. The van der Waals surface area contributed by atoms with Crippen LogP contribution in [0.3, 0.4) is 0 Å². The fourth-order valence-electron chi connectivity index (χ4n) is 2.78. The molecule has 146 valence electrons. The lowest BCUT2D eigenvalue weighted by atomic mass is 10.0. The van der Waals surface area contributed by atoms with Crippen LogP contribution in [0.1, 0.15) is 39.2 Å². The molecule has 0 aliphatic carbocycles. The summed E-state index contributed by atoms with van der Waals surface area (Å²) in [6.07, 6.45) is 1.30. The first-order valence-electron chi connectivity index (χ1n) is 8.81. The van der Waals surface area contributed by atoms with Gasteiger partial charge in [0.05, 0.1) is 23.8 Å². The normalized spacial score (nSPS) is 18.0. The Morgan fingerprint density at radius 3 is 2.38 bits per heavy atom. The maximum absolute atomic E-state index is 12.1. The maximum Gasteiger partial charge on any atom is 0.407 e. The van der Waals surface area contributed by atoms with Crippen molar-refractivity contribution in [2.75, 3.05) is 25.2 Å². The van der Waals surface area contributed by atoms with Crippen LogP contribution in [-0.2, 0) is 8.82 Å². The number of methoxy groups -OCH3 is 1. The average molecular weight is 400 g/mol. The number of hydrogen-bond donors (Lipinski definition) is 2. The smallest absolute Gasteiger partial charge is 0.407 e. The summed E-state index contributed by atoms with van der Waals surface area (Å²) in [5, 5.41) is 12.7. The predicted octanol–water partition coefficient (Wildman–Crippen LogP) is 3.99. The van der Waals surface area contributed by atoms with Crippen LogP contribution >= 0.6 is 23.5 Å². The predicted molar refractivity (Wildman–Crippen MR) is 109 cm³/mol. The van der Waals surface area contributed by atoms with Crippen molar-refractivity contribution < 1.29 is 19.4 Å². The first kappa shape index (κ1) is 21.3. The summed E-state index contributed by atoms with van der Waals surface area (Å²) in [6.45, 7) is 5.35. The third-order valence-electron chi connectivity index (χ3n) is 3.95. The molecule has 1 aromatic rings. The summed E-state index contributed by atoms with van der Waals surface area (Å²) in [7, 11) is 1.65. The van der Waals surface area contributed by atoms with Crippen molar-refractivity contribution in [2.24, 2.45) is 0 Å². The maximum atomic E-state index is 12.1. The molecular weight excluding hydrogens is 370 g/mol. The van der Waals surface area contributed by atoms with E-state index in [1.54, 1.807) is 7.11 Å². The highest BCUT2D eigenvalue weighted by Gasteiger charge is 2.38. The minimum absolute atomic E-state index is 0.127. The summed E-state index contributed by atoms with van der Waals surface area (Å²) in [5.74, 6) is 2.94. The molecule has 1 aliphatic rings. The molecule has 0 unspecified atom stereocenters. The zero-order chi connectivity index (χ0) is 19.2. The van der Waals surface area contributed by atoms with Crippen LogP contribution in [-0.4, -0.2) is 48.1 Å². The van der Waals surface area contributed by atoms with E-state index in [9.17, 15) is 9.90 Å². The van der Waals surface area contributed by atoms with Gasteiger partial charge in [-0.25, -0.2) is 4.79 Å². The Balaban J connectivity index is 2.15. The van der Waals surface area contributed by atoms with Gasteiger partial charge in [-0.2, -0.15) is 0 Å². The van der Waals surface area contributed by atoms with Gasteiger partial charge in [0.1, 0.15) is 11.4 Å². The molecule has 1 atom stereocenters. The van der Waals surface area contributed by atoms with Crippen LogP contribution in [0.2, 0.25) is 0 Å². The molecule has 1 saturated heterocycles. The second-order valence-electron chi connectivity index (χ2n) is 7.26. The van der Waals surface area contributed by atoms with Crippen molar-refractivity contribution in [2.45, 2.75) is 49.3 Å². The number of thioether (sulfide) groups is 2. The number of rotatable bonds is 6. The Bertz CT molecular complexity index is 580. The lowest BCUT2D eigenvalue weighted by Gasteiger charge is -2.39. The zero-order valence-corrected chi connectivity index (χ0v) is 17.5. The second kappa shape index (κ2) is 9.24. The van der Waals surface area contributed by atoms with Crippen molar-refractivity contribution in [3.8, 4) is 5.75 Å². The van der Waals surface area contributed by atoms with Gasteiger partial charge in [-0.15, -0.1) is 23.5 Å². The standard InChI is InChI=1S/C19H29NO4S2/c1-18(2,3)24-17(22)20-15(13-21)12-19(25-10-5-11-26-19)14-6-8-16(23-4)9-7-14/h6-9,15,21H,5,10-13H2,1-4H3,(H,20,22)/t15-/m1/s1. The summed E-state index contributed by atoms with van der Waals surface area (Å²) in [6, 6.07) is 7.70. The van der Waals surface area contributed by atoms with Gasteiger partial charge in [-0.1, -0.05) is 12.1 Å². The lowest BCUT2D eigenvalue weighted by molar-refractivity contribution is 0.0478. The van der Waals surface area contributed by atoms with Gasteiger partial charge < -0.3 is 19.9 Å². The van der Waals surface area contributed by atoms with Gasteiger partial charge in [0.2, 0.25) is 0 Å². The van der Waals surface area contributed by atoms with Crippen LogP contribution in [0.5, 0.6) is 5.75 Å². The Kier molecular flexibility index (Phi) is 7.55. The fourth-order valence-corrected chi connectivity index (χ4v) is 6.28. The highest BCUT2D eigenvalue weighted by atomic mass is 32.2. The van der Waals surface area contributed by atoms with Crippen molar-refractivity contribution in [1.82, 2.24) is 5.32 Å².